The summed E-state index contributed by atoms with van der Waals surface area (Å²) in [4.78, 5) is 38.6. The Bertz CT molecular complexity index is 1070. The molecule has 3 aromatic rings. The molecule has 2 amide bonds. The third-order valence-corrected chi connectivity index (χ3v) is 4.72. The number of hydrogen-bond donors (Lipinski definition) is 1. The van der Waals surface area contributed by atoms with Gasteiger partial charge in [-0.15, -0.1) is 5.10 Å². The second-order valence-corrected chi connectivity index (χ2v) is 7.10. The maximum absolute atomic E-state index is 12.5. The van der Waals surface area contributed by atoms with Crippen molar-refractivity contribution < 1.29 is 19.1 Å². The van der Waals surface area contributed by atoms with Crippen LogP contribution in [0.25, 0.3) is 0 Å². The van der Waals surface area contributed by atoms with Crippen molar-refractivity contribution in [1.82, 2.24) is 25.1 Å². The van der Waals surface area contributed by atoms with Crippen molar-refractivity contribution in [3.05, 3.63) is 71.5 Å². The highest BCUT2D eigenvalue weighted by Gasteiger charge is 2.18. The van der Waals surface area contributed by atoms with Crippen molar-refractivity contribution in [3.63, 3.8) is 0 Å². The normalized spacial score (nSPS) is 10.4. The van der Waals surface area contributed by atoms with E-state index < -0.39 is 18.5 Å². The van der Waals surface area contributed by atoms with Crippen molar-refractivity contribution in [1.29, 1.82) is 0 Å². The number of nitrogens with one attached hydrogen (secondary N) is 1. The number of rotatable bonds is 9. The molecule has 1 aromatic heterocycles. The molecule has 1 N–H and O–H groups in total. The second-order valence-electron chi connectivity index (χ2n) is 7.10. The minimum absolute atomic E-state index is 0.112. The summed E-state index contributed by atoms with van der Waals surface area (Å²) in [5.41, 5.74) is 2.62. The fourth-order valence-electron chi connectivity index (χ4n) is 2.92. The summed E-state index contributed by atoms with van der Waals surface area (Å²) < 4.78 is 6.44. The van der Waals surface area contributed by atoms with E-state index in [2.05, 4.69) is 27.8 Å². The van der Waals surface area contributed by atoms with Crippen LogP contribution < -0.4 is 5.32 Å². The molecule has 32 heavy (non-hydrogen) atoms. The number of carbonyl (C=O) groups excluding carboxylic acids is 3. The molecule has 0 aliphatic carbocycles. The number of nitrogens with zero attached hydrogens (tertiary/aromatic N) is 5. The Kier molecular flexibility index (Phi) is 7.63. The molecule has 10 nitrogen and oxygen atoms in total. The van der Waals surface area contributed by atoms with E-state index in [1.54, 1.807) is 25.2 Å². The predicted molar refractivity (Wildman–Crippen MR) is 115 cm³/mol. The highest BCUT2D eigenvalue weighted by Crippen LogP contribution is 2.16. The van der Waals surface area contributed by atoms with E-state index in [1.807, 2.05) is 24.3 Å². The fourth-order valence-corrected chi connectivity index (χ4v) is 2.92. The van der Waals surface area contributed by atoms with Crippen LogP contribution in [0.1, 0.15) is 28.4 Å². The molecule has 0 atom stereocenters. The zero-order valence-electron chi connectivity index (χ0n) is 17.9. The lowest BCUT2D eigenvalue weighted by Gasteiger charge is -2.18. The van der Waals surface area contributed by atoms with Gasteiger partial charge in [0, 0.05) is 13.6 Å². The fraction of sp³-hybridized carbons (Fsp3) is 0.273. The number of hydrogen-bond acceptors (Lipinski definition) is 7. The Morgan fingerprint density at radius 1 is 1.06 bits per heavy atom. The second kappa shape index (κ2) is 10.8. The molecular formula is C22H24N6O4. The Morgan fingerprint density at radius 2 is 1.78 bits per heavy atom. The maximum Gasteiger partial charge on any atom is 0.340 e. The molecule has 0 aliphatic rings. The van der Waals surface area contributed by atoms with E-state index in [4.69, 9.17) is 4.74 Å². The van der Waals surface area contributed by atoms with E-state index in [0.717, 1.165) is 12.0 Å². The predicted octanol–water partition coefficient (Wildman–Crippen LogP) is 1.69. The van der Waals surface area contributed by atoms with Crippen LogP contribution in [0.15, 0.2) is 54.9 Å². The number of amides is 2. The lowest BCUT2D eigenvalue weighted by molar-refractivity contribution is -0.133. The first-order chi connectivity index (χ1) is 15.5. The molecule has 0 bridgehead atoms. The van der Waals surface area contributed by atoms with Crippen LogP contribution in [0.4, 0.5) is 5.69 Å². The topological polar surface area (TPSA) is 119 Å². The molecule has 0 radical (unpaired) electrons. The van der Waals surface area contributed by atoms with Crippen molar-refractivity contribution in [3.8, 4) is 0 Å². The van der Waals surface area contributed by atoms with E-state index >= 15 is 0 Å². The van der Waals surface area contributed by atoms with E-state index in [0.29, 0.717) is 6.54 Å². The number of benzene rings is 2. The number of para-hydroxylation sites is 1. The Balaban J connectivity index is 1.54. The SMILES string of the molecule is CCc1ccc(CN(C)C(=O)COC(=O)c2ccccc2NC(=O)Cn2cnnn2)cc1. The minimum Gasteiger partial charge on any atom is -0.452 e. The standard InChI is InChI=1S/C22H24N6O4/c1-3-16-8-10-17(11-9-16)12-27(2)21(30)14-32-22(31)18-6-4-5-7-19(18)24-20(29)13-28-15-23-25-26-28/h4-11,15H,3,12-14H2,1-2H3,(H,24,29). The average molecular weight is 436 g/mol. The van der Waals surface area contributed by atoms with Crippen molar-refractivity contribution >= 4 is 23.5 Å². The summed E-state index contributed by atoms with van der Waals surface area (Å²) in [6.07, 6.45) is 2.25. The highest BCUT2D eigenvalue weighted by molar-refractivity contribution is 6.01. The van der Waals surface area contributed by atoms with Gasteiger partial charge < -0.3 is 15.0 Å². The summed E-state index contributed by atoms with van der Waals surface area (Å²) >= 11 is 0. The van der Waals surface area contributed by atoms with Gasteiger partial charge in [-0.3, -0.25) is 9.59 Å². The highest BCUT2D eigenvalue weighted by atomic mass is 16.5. The van der Waals surface area contributed by atoms with E-state index in [9.17, 15) is 14.4 Å². The maximum atomic E-state index is 12.5. The number of esters is 1. The minimum atomic E-state index is -0.711. The third kappa shape index (κ3) is 6.21. The van der Waals surface area contributed by atoms with Gasteiger partial charge in [0.2, 0.25) is 5.91 Å². The summed E-state index contributed by atoms with van der Waals surface area (Å²) in [6, 6.07) is 14.4. The summed E-state index contributed by atoms with van der Waals surface area (Å²) in [5, 5.41) is 13.2. The number of aryl methyl sites for hydroxylation is 1. The molecule has 0 spiro atoms. The molecule has 0 fully saturated rings. The number of likely N-dealkylation sites (N-methyl/N-ethyl adjacent to an activating group) is 1. The Hall–Kier alpha value is -4.08. The molecule has 1 heterocycles. The summed E-state index contributed by atoms with van der Waals surface area (Å²) in [5.74, 6) is -1.46. The summed E-state index contributed by atoms with van der Waals surface area (Å²) in [6.45, 7) is 1.97. The van der Waals surface area contributed by atoms with Crippen LogP contribution in [-0.4, -0.2) is 56.5 Å². The number of tetrazole rings is 1. The van der Waals surface area contributed by atoms with Gasteiger partial charge in [0.15, 0.2) is 6.61 Å². The van der Waals surface area contributed by atoms with Crippen LogP contribution in [0.2, 0.25) is 0 Å². The van der Waals surface area contributed by atoms with Gasteiger partial charge in [0.05, 0.1) is 11.3 Å². The molecule has 10 heteroatoms. The molecule has 0 unspecified atom stereocenters. The molecule has 0 aliphatic heterocycles. The van der Waals surface area contributed by atoms with Gasteiger partial charge in [0.1, 0.15) is 12.9 Å². The van der Waals surface area contributed by atoms with Crippen LogP contribution >= 0.6 is 0 Å². The van der Waals surface area contributed by atoms with Gasteiger partial charge in [-0.1, -0.05) is 43.3 Å². The zero-order chi connectivity index (χ0) is 22.9. The van der Waals surface area contributed by atoms with Gasteiger partial charge in [-0.25, -0.2) is 9.48 Å². The Labute approximate surface area is 185 Å². The van der Waals surface area contributed by atoms with Gasteiger partial charge >= 0.3 is 5.97 Å². The van der Waals surface area contributed by atoms with Crippen LogP contribution in [0.3, 0.4) is 0 Å². The number of anilines is 1. The quantitative estimate of drug-likeness (QED) is 0.507. The number of ether oxygens (including phenoxy) is 1. The van der Waals surface area contributed by atoms with Gasteiger partial charge in [-0.2, -0.15) is 0 Å². The molecule has 0 saturated heterocycles. The van der Waals surface area contributed by atoms with Crippen LogP contribution in [0.5, 0.6) is 0 Å². The molecule has 3 rings (SSSR count). The van der Waals surface area contributed by atoms with Gasteiger partial charge in [-0.05, 0) is 40.1 Å². The number of carbonyl (C=O) groups is 3. The summed E-state index contributed by atoms with van der Waals surface area (Å²) in [7, 11) is 1.65. The van der Waals surface area contributed by atoms with Crippen molar-refractivity contribution in [2.75, 3.05) is 19.0 Å². The van der Waals surface area contributed by atoms with E-state index in [1.165, 1.54) is 27.5 Å². The lowest BCUT2D eigenvalue weighted by Crippen LogP contribution is -2.31. The monoisotopic (exact) mass is 436 g/mol. The van der Waals surface area contributed by atoms with Crippen LogP contribution in [-0.2, 0) is 33.8 Å². The first-order valence-corrected chi connectivity index (χ1v) is 10.0. The third-order valence-electron chi connectivity index (χ3n) is 4.72. The largest absolute Gasteiger partial charge is 0.452 e. The Morgan fingerprint density at radius 3 is 2.47 bits per heavy atom. The number of aromatic nitrogens is 4. The molecule has 0 saturated carbocycles. The van der Waals surface area contributed by atoms with Crippen LogP contribution in [0, 0.1) is 0 Å². The molecular weight excluding hydrogens is 412 g/mol. The van der Waals surface area contributed by atoms with Gasteiger partial charge in [0.25, 0.3) is 5.91 Å². The average Bonchev–Trinajstić information content (AvgIpc) is 3.31. The first kappa shape index (κ1) is 22.6. The zero-order valence-corrected chi connectivity index (χ0v) is 17.9. The lowest BCUT2D eigenvalue weighted by atomic mass is 10.1. The van der Waals surface area contributed by atoms with Crippen molar-refractivity contribution in [2.45, 2.75) is 26.4 Å². The van der Waals surface area contributed by atoms with Crippen molar-refractivity contribution in [2.24, 2.45) is 0 Å². The molecule has 166 valence electrons. The molecule has 2 aromatic carbocycles. The van der Waals surface area contributed by atoms with E-state index in [-0.39, 0.29) is 23.7 Å². The first-order valence-electron chi connectivity index (χ1n) is 10.0. The smallest absolute Gasteiger partial charge is 0.340 e.